The van der Waals surface area contributed by atoms with Crippen molar-refractivity contribution in [2.24, 2.45) is 0 Å². The lowest BCUT2D eigenvalue weighted by Crippen LogP contribution is -2.18. The van der Waals surface area contributed by atoms with Gasteiger partial charge in [0.2, 0.25) is 0 Å². The number of para-hydroxylation sites is 1. The average molecular weight is 296 g/mol. The fourth-order valence-electron chi connectivity index (χ4n) is 3.62. The lowest BCUT2D eigenvalue weighted by atomic mass is 9.88. The molecule has 1 aromatic carbocycles. The van der Waals surface area contributed by atoms with Crippen LogP contribution in [0.5, 0.6) is 0 Å². The molecule has 0 fully saturated rings. The molecule has 2 nitrogen and oxygen atoms in total. The molecular weight excluding hydrogens is 268 g/mol. The van der Waals surface area contributed by atoms with Gasteiger partial charge in [0.15, 0.2) is 0 Å². The van der Waals surface area contributed by atoms with Crippen LogP contribution in [0.3, 0.4) is 0 Å². The predicted octanol–water partition coefficient (Wildman–Crippen LogP) is 4.74. The Hall–Kier alpha value is -1.41. The summed E-state index contributed by atoms with van der Waals surface area (Å²) in [6.45, 7) is 8.83. The normalized spacial score (nSPS) is 14.5. The van der Waals surface area contributed by atoms with Gasteiger partial charge in [-0.25, -0.2) is 0 Å². The maximum atomic E-state index is 5.10. The molecule has 0 spiro atoms. The molecule has 0 saturated heterocycles. The first-order valence-corrected chi connectivity index (χ1v) is 8.86. The molecule has 1 aliphatic carbocycles. The van der Waals surface area contributed by atoms with Crippen molar-refractivity contribution in [1.82, 2.24) is 10.3 Å². The number of aryl methyl sites for hydroxylation is 1. The number of pyridine rings is 1. The number of aromatic nitrogens is 1. The fraction of sp³-hybridized carbons (Fsp3) is 0.550. The van der Waals surface area contributed by atoms with Crippen LogP contribution in [0.1, 0.15) is 68.3 Å². The molecule has 2 aromatic rings. The van der Waals surface area contributed by atoms with Crippen LogP contribution in [-0.2, 0) is 19.4 Å². The van der Waals surface area contributed by atoms with Crippen LogP contribution in [0, 0.1) is 0 Å². The summed E-state index contributed by atoms with van der Waals surface area (Å²) >= 11 is 0. The van der Waals surface area contributed by atoms with Crippen LogP contribution in [0.25, 0.3) is 10.9 Å². The molecule has 0 unspecified atom stereocenters. The third-order valence-corrected chi connectivity index (χ3v) is 4.79. The summed E-state index contributed by atoms with van der Waals surface area (Å²) in [5, 5.41) is 4.99. The van der Waals surface area contributed by atoms with Gasteiger partial charge >= 0.3 is 0 Å². The Balaban J connectivity index is 2.17. The quantitative estimate of drug-likeness (QED) is 0.806. The minimum atomic E-state index is 0.522. The van der Waals surface area contributed by atoms with Crippen molar-refractivity contribution in [2.75, 3.05) is 6.54 Å². The largest absolute Gasteiger partial charge is 0.313 e. The molecule has 0 amide bonds. The molecule has 22 heavy (non-hydrogen) atoms. The first kappa shape index (κ1) is 15.5. The second kappa shape index (κ2) is 6.78. The molecule has 0 radical (unpaired) electrons. The lowest BCUT2D eigenvalue weighted by Gasteiger charge is -2.22. The molecule has 0 saturated carbocycles. The molecule has 0 atom stereocenters. The predicted molar refractivity (Wildman–Crippen MR) is 94.5 cm³/mol. The molecule has 0 bridgehead atoms. The molecule has 1 heterocycles. The summed E-state index contributed by atoms with van der Waals surface area (Å²) in [4.78, 5) is 5.10. The number of rotatable bonds is 5. The molecule has 2 heteroatoms. The fourth-order valence-corrected chi connectivity index (χ4v) is 3.62. The number of nitrogens with zero attached hydrogens (tertiary/aromatic N) is 1. The standard InChI is InChI=1S/C20H28N2/c1-4-12-21-13-18-16-8-5-6-11-19(16)22-20-15(14(2)3)9-7-10-17(18)20/h7,9-10,14,21H,4-6,8,11-13H2,1-3H3. The van der Waals surface area contributed by atoms with Crippen LogP contribution in [0.15, 0.2) is 18.2 Å². The summed E-state index contributed by atoms with van der Waals surface area (Å²) in [6.07, 6.45) is 6.14. The Morgan fingerprint density at radius 1 is 1.18 bits per heavy atom. The maximum absolute atomic E-state index is 5.10. The Morgan fingerprint density at radius 3 is 2.77 bits per heavy atom. The minimum Gasteiger partial charge on any atom is -0.313 e. The molecular formula is C20H28N2. The number of nitrogens with one attached hydrogen (secondary N) is 1. The lowest BCUT2D eigenvalue weighted by molar-refractivity contribution is 0.639. The van der Waals surface area contributed by atoms with E-state index < -0.39 is 0 Å². The van der Waals surface area contributed by atoms with Crippen molar-refractivity contribution in [3.05, 3.63) is 40.6 Å². The van der Waals surface area contributed by atoms with Crippen LogP contribution in [0.4, 0.5) is 0 Å². The number of fused-ring (bicyclic) bond motifs is 2. The monoisotopic (exact) mass is 296 g/mol. The highest BCUT2D eigenvalue weighted by Gasteiger charge is 2.19. The van der Waals surface area contributed by atoms with Crippen molar-refractivity contribution in [3.8, 4) is 0 Å². The number of hydrogen-bond acceptors (Lipinski definition) is 2. The molecule has 1 aromatic heterocycles. The highest BCUT2D eigenvalue weighted by molar-refractivity contribution is 5.87. The zero-order chi connectivity index (χ0) is 15.5. The molecule has 0 aliphatic heterocycles. The first-order chi connectivity index (χ1) is 10.7. The highest BCUT2D eigenvalue weighted by Crippen LogP contribution is 2.32. The smallest absolute Gasteiger partial charge is 0.0743 e. The summed E-state index contributed by atoms with van der Waals surface area (Å²) in [6, 6.07) is 6.72. The third-order valence-electron chi connectivity index (χ3n) is 4.79. The van der Waals surface area contributed by atoms with E-state index in [1.54, 1.807) is 0 Å². The average Bonchev–Trinajstić information content (AvgIpc) is 2.53. The van der Waals surface area contributed by atoms with Gasteiger partial charge in [-0.15, -0.1) is 0 Å². The van der Waals surface area contributed by atoms with Gasteiger partial charge in [-0.05, 0) is 61.3 Å². The van der Waals surface area contributed by atoms with Crippen molar-refractivity contribution >= 4 is 10.9 Å². The third kappa shape index (κ3) is 2.89. The Bertz CT molecular complexity index is 658. The zero-order valence-corrected chi connectivity index (χ0v) is 14.2. The SMILES string of the molecule is CCCNCc1c2c(nc3c(C(C)C)cccc13)CCCC2. The summed E-state index contributed by atoms with van der Waals surface area (Å²) in [5.74, 6) is 0.522. The Labute approximate surface area is 134 Å². The molecule has 118 valence electrons. The van der Waals surface area contributed by atoms with E-state index in [4.69, 9.17) is 4.98 Å². The van der Waals surface area contributed by atoms with E-state index in [0.717, 1.165) is 19.5 Å². The summed E-state index contributed by atoms with van der Waals surface area (Å²) in [7, 11) is 0. The van der Waals surface area contributed by atoms with E-state index in [0.29, 0.717) is 5.92 Å². The van der Waals surface area contributed by atoms with Gasteiger partial charge in [-0.3, -0.25) is 4.98 Å². The van der Waals surface area contributed by atoms with Gasteiger partial charge in [0.1, 0.15) is 0 Å². The Morgan fingerprint density at radius 2 is 2.00 bits per heavy atom. The molecule has 1 N–H and O–H groups in total. The van der Waals surface area contributed by atoms with Gasteiger partial charge in [0.05, 0.1) is 5.52 Å². The van der Waals surface area contributed by atoms with E-state index in [-0.39, 0.29) is 0 Å². The highest BCUT2D eigenvalue weighted by atomic mass is 14.8. The second-order valence-corrected chi connectivity index (χ2v) is 6.80. The van der Waals surface area contributed by atoms with Crippen molar-refractivity contribution in [1.29, 1.82) is 0 Å². The second-order valence-electron chi connectivity index (χ2n) is 6.80. The van der Waals surface area contributed by atoms with E-state index in [9.17, 15) is 0 Å². The zero-order valence-electron chi connectivity index (χ0n) is 14.2. The van der Waals surface area contributed by atoms with Gasteiger partial charge < -0.3 is 5.32 Å². The van der Waals surface area contributed by atoms with E-state index in [1.165, 1.54) is 59.0 Å². The number of hydrogen-bond donors (Lipinski definition) is 1. The van der Waals surface area contributed by atoms with Gasteiger partial charge in [-0.2, -0.15) is 0 Å². The first-order valence-electron chi connectivity index (χ1n) is 8.86. The summed E-state index contributed by atoms with van der Waals surface area (Å²) in [5.41, 5.74) is 7.04. The summed E-state index contributed by atoms with van der Waals surface area (Å²) < 4.78 is 0. The van der Waals surface area contributed by atoms with Crippen molar-refractivity contribution in [2.45, 2.75) is 65.3 Å². The topological polar surface area (TPSA) is 24.9 Å². The van der Waals surface area contributed by atoms with Gasteiger partial charge in [0, 0.05) is 17.6 Å². The van der Waals surface area contributed by atoms with Crippen molar-refractivity contribution < 1.29 is 0 Å². The Kier molecular flexibility index (Phi) is 4.77. The van der Waals surface area contributed by atoms with Gasteiger partial charge in [0.25, 0.3) is 0 Å². The molecule has 3 rings (SSSR count). The van der Waals surface area contributed by atoms with E-state index in [2.05, 4.69) is 44.3 Å². The van der Waals surface area contributed by atoms with Crippen molar-refractivity contribution in [3.63, 3.8) is 0 Å². The minimum absolute atomic E-state index is 0.522. The van der Waals surface area contributed by atoms with Gasteiger partial charge in [-0.1, -0.05) is 39.0 Å². The van der Waals surface area contributed by atoms with Crippen LogP contribution >= 0.6 is 0 Å². The van der Waals surface area contributed by atoms with E-state index >= 15 is 0 Å². The number of benzene rings is 1. The molecule has 1 aliphatic rings. The maximum Gasteiger partial charge on any atom is 0.0743 e. The van der Waals surface area contributed by atoms with Crippen LogP contribution < -0.4 is 5.32 Å². The van der Waals surface area contributed by atoms with Crippen LogP contribution in [-0.4, -0.2) is 11.5 Å². The van der Waals surface area contributed by atoms with Crippen LogP contribution in [0.2, 0.25) is 0 Å². The van der Waals surface area contributed by atoms with E-state index in [1.807, 2.05) is 0 Å².